The van der Waals surface area contributed by atoms with E-state index < -0.39 is 0 Å². The molecule has 0 spiro atoms. The molecule has 1 amide bonds. The lowest BCUT2D eigenvalue weighted by Gasteiger charge is -2.02. The van der Waals surface area contributed by atoms with E-state index in [1.165, 1.54) is 5.56 Å². The van der Waals surface area contributed by atoms with Crippen LogP contribution in [0.15, 0.2) is 59.1 Å². The summed E-state index contributed by atoms with van der Waals surface area (Å²) in [5, 5.41) is 7.18. The molecular formula is C18H16BrN3O. The number of aromatic nitrogens is 2. The van der Waals surface area contributed by atoms with Crippen molar-refractivity contribution in [2.75, 3.05) is 5.32 Å². The summed E-state index contributed by atoms with van der Waals surface area (Å²) in [7, 11) is 1.84. The minimum Gasteiger partial charge on any atom is -0.321 e. The molecule has 1 heterocycles. The molecule has 0 fully saturated rings. The zero-order valence-corrected chi connectivity index (χ0v) is 14.5. The monoisotopic (exact) mass is 369 g/mol. The van der Waals surface area contributed by atoms with Crippen LogP contribution in [0.1, 0.15) is 16.1 Å². The van der Waals surface area contributed by atoms with Crippen LogP contribution in [0, 0.1) is 6.92 Å². The van der Waals surface area contributed by atoms with E-state index in [4.69, 9.17) is 0 Å². The molecular weight excluding hydrogens is 354 g/mol. The lowest BCUT2D eigenvalue weighted by Crippen LogP contribution is -2.12. The molecule has 0 atom stereocenters. The van der Waals surface area contributed by atoms with Gasteiger partial charge in [0.25, 0.3) is 5.91 Å². The van der Waals surface area contributed by atoms with Gasteiger partial charge in [0.05, 0.1) is 5.69 Å². The third kappa shape index (κ3) is 3.51. The van der Waals surface area contributed by atoms with Gasteiger partial charge in [-0.3, -0.25) is 9.48 Å². The van der Waals surface area contributed by atoms with E-state index in [0.717, 1.165) is 21.4 Å². The molecule has 1 aromatic heterocycles. The first-order valence-corrected chi connectivity index (χ1v) is 8.00. The molecule has 1 N–H and O–H groups in total. The highest BCUT2D eigenvalue weighted by Gasteiger charge is 2.14. The predicted octanol–water partition coefficient (Wildman–Crippen LogP) is 4.41. The Kier molecular flexibility index (Phi) is 4.30. The third-order valence-corrected chi connectivity index (χ3v) is 4.04. The van der Waals surface area contributed by atoms with Gasteiger partial charge in [-0.05, 0) is 36.8 Å². The van der Waals surface area contributed by atoms with Crippen molar-refractivity contribution < 1.29 is 4.79 Å². The first-order valence-electron chi connectivity index (χ1n) is 7.21. The average molecular weight is 370 g/mol. The van der Waals surface area contributed by atoms with Crippen LogP contribution in [0.5, 0.6) is 0 Å². The van der Waals surface area contributed by atoms with E-state index in [2.05, 4.69) is 26.3 Å². The fourth-order valence-electron chi connectivity index (χ4n) is 2.33. The Labute approximate surface area is 143 Å². The second-order valence-corrected chi connectivity index (χ2v) is 6.28. The minimum atomic E-state index is -0.225. The van der Waals surface area contributed by atoms with Crippen LogP contribution in [0.3, 0.4) is 0 Å². The zero-order chi connectivity index (χ0) is 16.4. The molecule has 0 aliphatic rings. The molecule has 0 saturated heterocycles. The molecule has 23 heavy (non-hydrogen) atoms. The van der Waals surface area contributed by atoms with E-state index in [1.54, 1.807) is 10.7 Å². The number of halogens is 1. The van der Waals surface area contributed by atoms with E-state index in [-0.39, 0.29) is 5.91 Å². The first-order chi connectivity index (χ1) is 11.0. The van der Waals surface area contributed by atoms with Crippen molar-refractivity contribution in [3.8, 4) is 11.3 Å². The number of benzene rings is 2. The quantitative estimate of drug-likeness (QED) is 0.742. The number of hydrogen-bond acceptors (Lipinski definition) is 2. The number of rotatable bonds is 3. The number of anilines is 1. The summed E-state index contributed by atoms with van der Waals surface area (Å²) < 4.78 is 2.64. The van der Waals surface area contributed by atoms with Gasteiger partial charge in [0.2, 0.25) is 0 Å². The summed E-state index contributed by atoms with van der Waals surface area (Å²) in [6.07, 6.45) is 0. The summed E-state index contributed by atoms with van der Waals surface area (Å²) in [5.41, 5.74) is 4.26. The third-order valence-electron chi connectivity index (χ3n) is 3.54. The number of hydrogen-bond donors (Lipinski definition) is 1. The Balaban J connectivity index is 1.85. The molecule has 0 unspecified atom stereocenters. The largest absolute Gasteiger partial charge is 0.321 e. The lowest BCUT2D eigenvalue weighted by molar-refractivity contribution is 0.102. The number of nitrogens with one attached hydrogen (secondary N) is 1. The number of nitrogens with zero attached hydrogens (tertiary/aromatic N) is 2. The van der Waals surface area contributed by atoms with Crippen molar-refractivity contribution in [2.24, 2.45) is 7.05 Å². The highest BCUT2D eigenvalue weighted by Crippen LogP contribution is 2.21. The highest BCUT2D eigenvalue weighted by molar-refractivity contribution is 9.10. The molecule has 4 nitrogen and oxygen atoms in total. The minimum absolute atomic E-state index is 0.225. The Morgan fingerprint density at radius 2 is 1.87 bits per heavy atom. The molecule has 0 aliphatic heterocycles. The van der Waals surface area contributed by atoms with E-state index in [9.17, 15) is 4.79 Å². The van der Waals surface area contributed by atoms with Crippen molar-refractivity contribution in [2.45, 2.75) is 6.92 Å². The van der Waals surface area contributed by atoms with Gasteiger partial charge in [0, 0.05) is 17.2 Å². The standard InChI is InChI=1S/C18H16BrN3O/c1-12-6-8-13(9-7-12)17-11-16(21-22(17)2)18(23)20-15-5-3-4-14(19)10-15/h3-11H,1-2H3,(H,20,23). The van der Waals surface area contributed by atoms with E-state index in [1.807, 2.05) is 62.5 Å². The highest BCUT2D eigenvalue weighted by atomic mass is 79.9. The van der Waals surface area contributed by atoms with Gasteiger partial charge < -0.3 is 5.32 Å². The van der Waals surface area contributed by atoms with Gasteiger partial charge in [0.15, 0.2) is 5.69 Å². The Morgan fingerprint density at radius 1 is 1.13 bits per heavy atom. The zero-order valence-electron chi connectivity index (χ0n) is 12.9. The predicted molar refractivity (Wildman–Crippen MR) is 95.5 cm³/mol. The van der Waals surface area contributed by atoms with Gasteiger partial charge in [-0.2, -0.15) is 5.10 Å². The van der Waals surface area contributed by atoms with Crippen LogP contribution >= 0.6 is 15.9 Å². The molecule has 0 bridgehead atoms. The van der Waals surface area contributed by atoms with Crippen LogP contribution in [0.25, 0.3) is 11.3 Å². The van der Waals surface area contributed by atoms with Crippen molar-refractivity contribution in [3.63, 3.8) is 0 Å². The number of carbonyl (C=O) groups excluding carboxylic acids is 1. The van der Waals surface area contributed by atoms with Crippen molar-refractivity contribution in [3.05, 3.63) is 70.3 Å². The fourth-order valence-corrected chi connectivity index (χ4v) is 2.73. The van der Waals surface area contributed by atoms with Crippen LogP contribution in [-0.4, -0.2) is 15.7 Å². The molecule has 0 aliphatic carbocycles. The van der Waals surface area contributed by atoms with Crippen LogP contribution in [0.4, 0.5) is 5.69 Å². The fraction of sp³-hybridized carbons (Fsp3) is 0.111. The van der Waals surface area contributed by atoms with Crippen LogP contribution < -0.4 is 5.32 Å². The summed E-state index contributed by atoms with van der Waals surface area (Å²) in [5.74, 6) is -0.225. The Morgan fingerprint density at radius 3 is 2.57 bits per heavy atom. The smallest absolute Gasteiger partial charge is 0.276 e. The molecule has 2 aromatic carbocycles. The van der Waals surface area contributed by atoms with Crippen LogP contribution in [-0.2, 0) is 7.05 Å². The molecule has 116 valence electrons. The van der Waals surface area contributed by atoms with Crippen LogP contribution in [0.2, 0.25) is 0 Å². The number of amides is 1. The van der Waals surface area contributed by atoms with Crippen molar-refractivity contribution >= 4 is 27.5 Å². The number of carbonyl (C=O) groups is 1. The summed E-state index contributed by atoms with van der Waals surface area (Å²) in [6.45, 7) is 2.05. The summed E-state index contributed by atoms with van der Waals surface area (Å²) in [4.78, 5) is 12.4. The maximum atomic E-state index is 12.4. The van der Waals surface area contributed by atoms with Gasteiger partial charge in [-0.25, -0.2) is 0 Å². The Hall–Kier alpha value is -2.40. The molecule has 0 radical (unpaired) electrons. The lowest BCUT2D eigenvalue weighted by atomic mass is 10.1. The summed E-state index contributed by atoms with van der Waals surface area (Å²) in [6, 6.07) is 17.4. The molecule has 0 saturated carbocycles. The molecule has 3 aromatic rings. The average Bonchev–Trinajstić information content (AvgIpc) is 2.90. The van der Waals surface area contributed by atoms with E-state index in [0.29, 0.717) is 5.69 Å². The second-order valence-electron chi connectivity index (χ2n) is 5.37. The SMILES string of the molecule is Cc1ccc(-c2cc(C(=O)Nc3cccc(Br)c3)nn2C)cc1. The number of aryl methyl sites for hydroxylation is 2. The van der Waals surface area contributed by atoms with Gasteiger partial charge in [-0.1, -0.05) is 51.8 Å². The van der Waals surface area contributed by atoms with Gasteiger partial charge >= 0.3 is 0 Å². The maximum absolute atomic E-state index is 12.4. The molecule has 5 heteroatoms. The van der Waals surface area contributed by atoms with Gasteiger partial charge in [0.1, 0.15) is 0 Å². The second kappa shape index (κ2) is 6.38. The van der Waals surface area contributed by atoms with Crippen molar-refractivity contribution in [1.82, 2.24) is 9.78 Å². The van der Waals surface area contributed by atoms with E-state index >= 15 is 0 Å². The van der Waals surface area contributed by atoms with Gasteiger partial charge in [-0.15, -0.1) is 0 Å². The summed E-state index contributed by atoms with van der Waals surface area (Å²) >= 11 is 3.39. The normalized spacial score (nSPS) is 10.6. The molecule has 3 rings (SSSR count). The van der Waals surface area contributed by atoms with Crippen molar-refractivity contribution in [1.29, 1.82) is 0 Å². The first kappa shape index (κ1) is 15.5. The Bertz CT molecular complexity index is 853. The topological polar surface area (TPSA) is 46.9 Å². The maximum Gasteiger partial charge on any atom is 0.276 e.